The van der Waals surface area contributed by atoms with Gasteiger partial charge in [-0.2, -0.15) is 13.2 Å². The van der Waals surface area contributed by atoms with Crippen LogP contribution in [0.3, 0.4) is 0 Å². The molecule has 1 heterocycles. The molecule has 0 aromatic carbocycles. The summed E-state index contributed by atoms with van der Waals surface area (Å²) >= 11 is 0. The second kappa shape index (κ2) is 9.93. The van der Waals surface area contributed by atoms with Crippen LogP contribution in [0.25, 0.3) is 0 Å². The number of amides is 1. The molecule has 1 aliphatic rings. The normalized spacial score (nSPS) is 25.3. The lowest BCUT2D eigenvalue weighted by molar-refractivity contribution is -0.157. The summed E-state index contributed by atoms with van der Waals surface area (Å²) in [5.41, 5.74) is -0.733. The van der Waals surface area contributed by atoms with Crippen molar-refractivity contribution in [3.05, 3.63) is 12.2 Å². The Morgan fingerprint density at radius 1 is 1.33 bits per heavy atom. The van der Waals surface area contributed by atoms with E-state index in [0.717, 1.165) is 6.08 Å². The molecule has 1 rings (SSSR count). The van der Waals surface area contributed by atoms with Crippen LogP contribution in [0, 0.1) is 0 Å². The first-order chi connectivity index (χ1) is 12.4. The number of cyclic esters (lactones) is 1. The zero-order valence-electron chi connectivity index (χ0n) is 15.8. The third kappa shape index (κ3) is 10.2. The first-order valence-electron chi connectivity index (χ1n) is 8.51. The standard InChI is InChI=1S/C17H26F3NO6/c1-11-13(25-8-5-7-17(18,19)20)6-9-24-10-12(14(22)26-11)21-15(23)27-16(2,3)4/h5,7,11-13H,6,8-10H2,1-4H3,(H,21,23)/b7-5+/t11-,12-,13+/m0/s1. The van der Waals surface area contributed by atoms with Crippen molar-refractivity contribution in [2.75, 3.05) is 19.8 Å². The van der Waals surface area contributed by atoms with E-state index in [1.54, 1.807) is 27.7 Å². The molecule has 0 saturated carbocycles. The fourth-order valence-corrected chi connectivity index (χ4v) is 2.17. The monoisotopic (exact) mass is 397 g/mol. The average molecular weight is 397 g/mol. The molecule has 1 fully saturated rings. The minimum absolute atomic E-state index is 0.0795. The lowest BCUT2D eigenvalue weighted by atomic mass is 10.1. The van der Waals surface area contributed by atoms with Crippen LogP contribution in [0.5, 0.6) is 0 Å². The maximum atomic E-state index is 12.2. The maximum absolute atomic E-state index is 12.2. The van der Waals surface area contributed by atoms with Crippen molar-refractivity contribution in [2.24, 2.45) is 0 Å². The molecule has 7 nitrogen and oxygen atoms in total. The average Bonchev–Trinajstić information content (AvgIpc) is 2.53. The molecule has 0 aromatic rings. The van der Waals surface area contributed by atoms with E-state index >= 15 is 0 Å². The van der Waals surface area contributed by atoms with Gasteiger partial charge in [0.25, 0.3) is 0 Å². The predicted molar refractivity (Wildman–Crippen MR) is 89.1 cm³/mol. The first-order valence-corrected chi connectivity index (χ1v) is 8.51. The third-order valence-electron chi connectivity index (χ3n) is 3.35. The van der Waals surface area contributed by atoms with Gasteiger partial charge in [0.05, 0.1) is 19.3 Å². The molecule has 156 valence electrons. The third-order valence-corrected chi connectivity index (χ3v) is 3.35. The van der Waals surface area contributed by atoms with Gasteiger partial charge in [-0.1, -0.05) is 6.08 Å². The summed E-state index contributed by atoms with van der Waals surface area (Å²) < 4.78 is 57.4. The van der Waals surface area contributed by atoms with E-state index in [4.69, 9.17) is 18.9 Å². The number of esters is 1. The molecule has 0 radical (unpaired) electrons. The Morgan fingerprint density at radius 2 is 2.00 bits per heavy atom. The van der Waals surface area contributed by atoms with Crippen molar-refractivity contribution in [3.8, 4) is 0 Å². The molecule has 27 heavy (non-hydrogen) atoms. The van der Waals surface area contributed by atoms with Crippen molar-refractivity contribution in [1.82, 2.24) is 5.32 Å². The van der Waals surface area contributed by atoms with Gasteiger partial charge in [0.2, 0.25) is 0 Å². The molecule has 1 aliphatic heterocycles. The van der Waals surface area contributed by atoms with Gasteiger partial charge < -0.3 is 24.3 Å². The Labute approximate surface area is 156 Å². The molecule has 1 N–H and O–H groups in total. The molecule has 0 spiro atoms. The van der Waals surface area contributed by atoms with Gasteiger partial charge in [-0.15, -0.1) is 0 Å². The summed E-state index contributed by atoms with van der Waals surface area (Å²) in [5.74, 6) is -0.741. The summed E-state index contributed by atoms with van der Waals surface area (Å²) in [6.45, 7) is 6.38. The number of alkyl halides is 3. The van der Waals surface area contributed by atoms with E-state index < -0.39 is 42.1 Å². The minimum atomic E-state index is -4.41. The largest absolute Gasteiger partial charge is 0.458 e. The van der Waals surface area contributed by atoms with Crippen LogP contribution in [0.1, 0.15) is 34.1 Å². The Kier molecular flexibility index (Phi) is 8.55. The van der Waals surface area contributed by atoms with Crippen LogP contribution < -0.4 is 5.32 Å². The second-order valence-corrected chi connectivity index (χ2v) is 7.02. The van der Waals surface area contributed by atoms with E-state index in [9.17, 15) is 22.8 Å². The number of rotatable bonds is 4. The second-order valence-electron chi connectivity index (χ2n) is 7.02. The quantitative estimate of drug-likeness (QED) is 0.580. The molecule has 1 saturated heterocycles. The van der Waals surface area contributed by atoms with Crippen LogP contribution in [-0.4, -0.2) is 61.9 Å². The Morgan fingerprint density at radius 3 is 2.59 bits per heavy atom. The van der Waals surface area contributed by atoms with Crippen molar-refractivity contribution < 1.29 is 41.7 Å². The van der Waals surface area contributed by atoms with Gasteiger partial charge in [0.15, 0.2) is 6.04 Å². The molecular weight excluding hydrogens is 371 g/mol. The molecule has 0 aromatic heterocycles. The SMILES string of the molecule is C[C@@H]1OC(=O)[C@@H](NC(=O)OC(C)(C)C)COCC[C@H]1OC/C=C/C(F)(F)F. The van der Waals surface area contributed by atoms with E-state index in [-0.39, 0.29) is 25.9 Å². The van der Waals surface area contributed by atoms with Gasteiger partial charge in [-0.3, -0.25) is 0 Å². The summed E-state index contributed by atoms with van der Waals surface area (Å²) in [6.07, 6.45) is -5.35. The Balaban J connectivity index is 2.61. The van der Waals surface area contributed by atoms with Crippen molar-refractivity contribution in [1.29, 1.82) is 0 Å². The molecule has 0 bridgehead atoms. The Bertz CT molecular complexity index is 530. The van der Waals surface area contributed by atoms with Gasteiger partial charge in [-0.25, -0.2) is 9.59 Å². The fraction of sp³-hybridized carbons (Fsp3) is 0.765. The van der Waals surface area contributed by atoms with Gasteiger partial charge in [0.1, 0.15) is 11.7 Å². The van der Waals surface area contributed by atoms with Gasteiger partial charge >= 0.3 is 18.2 Å². The molecule has 0 aliphatic carbocycles. The molecule has 0 unspecified atom stereocenters. The highest BCUT2D eigenvalue weighted by Crippen LogP contribution is 2.17. The highest BCUT2D eigenvalue weighted by atomic mass is 19.4. The number of nitrogens with one attached hydrogen (secondary N) is 1. The number of hydrogen-bond donors (Lipinski definition) is 1. The number of allylic oxidation sites excluding steroid dienone is 1. The first kappa shape index (κ1) is 23.2. The van der Waals surface area contributed by atoms with Crippen molar-refractivity contribution >= 4 is 12.1 Å². The van der Waals surface area contributed by atoms with Crippen LogP contribution in [0.2, 0.25) is 0 Å². The number of carbonyl (C=O) groups excluding carboxylic acids is 2. The van der Waals surface area contributed by atoms with E-state index in [2.05, 4.69) is 5.32 Å². The van der Waals surface area contributed by atoms with Crippen LogP contribution in [0.4, 0.5) is 18.0 Å². The topological polar surface area (TPSA) is 83.1 Å². The smallest absolute Gasteiger partial charge is 0.409 e. The maximum Gasteiger partial charge on any atom is 0.409 e. The summed E-state index contributed by atoms with van der Waals surface area (Å²) in [6, 6.07) is -1.06. The fourth-order valence-electron chi connectivity index (χ4n) is 2.17. The van der Waals surface area contributed by atoms with Crippen LogP contribution in [0.15, 0.2) is 12.2 Å². The lowest BCUT2D eigenvalue weighted by Crippen LogP contribution is -2.47. The number of hydrogen-bond acceptors (Lipinski definition) is 6. The molecule has 10 heteroatoms. The number of carbonyl (C=O) groups is 2. The van der Waals surface area contributed by atoms with Gasteiger partial charge in [0, 0.05) is 19.1 Å². The zero-order valence-corrected chi connectivity index (χ0v) is 15.8. The van der Waals surface area contributed by atoms with Crippen molar-refractivity contribution in [2.45, 2.75) is 64.1 Å². The predicted octanol–water partition coefficient (Wildman–Crippen LogP) is 2.74. The van der Waals surface area contributed by atoms with Crippen molar-refractivity contribution in [3.63, 3.8) is 0 Å². The summed E-state index contributed by atoms with van der Waals surface area (Å²) in [7, 11) is 0. The summed E-state index contributed by atoms with van der Waals surface area (Å²) in [5, 5.41) is 2.39. The van der Waals surface area contributed by atoms with E-state index in [1.807, 2.05) is 0 Å². The highest BCUT2D eigenvalue weighted by Gasteiger charge is 2.31. The molecule has 3 atom stereocenters. The highest BCUT2D eigenvalue weighted by molar-refractivity contribution is 5.81. The summed E-state index contributed by atoms with van der Waals surface area (Å²) in [4.78, 5) is 24.1. The number of alkyl carbamates (subject to hydrolysis) is 1. The molecular formula is C17H26F3NO6. The van der Waals surface area contributed by atoms with Crippen LogP contribution in [-0.2, 0) is 23.7 Å². The van der Waals surface area contributed by atoms with Gasteiger partial charge in [-0.05, 0) is 27.7 Å². The van der Waals surface area contributed by atoms with Crippen LogP contribution >= 0.6 is 0 Å². The number of ether oxygens (including phenoxy) is 4. The van der Waals surface area contributed by atoms with E-state index in [1.165, 1.54) is 0 Å². The number of halogens is 3. The lowest BCUT2D eigenvalue weighted by Gasteiger charge is -2.25. The minimum Gasteiger partial charge on any atom is -0.458 e. The van der Waals surface area contributed by atoms with E-state index in [0.29, 0.717) is 6.42 Å². The zero-order chi connectivity index (χ0) is 20.7. The Hall–Kier alpha value is -1.81. The molecule has 1 amide bonds.